The summed E-state index contributed by atoms with van der Waals surface area (Å²) in [7, 11) is 0. The average molecular weight is 453 g/mol. The van der Waals surface area contributed by atoms with Gasteiger partial charge in [0.25, 0.3) is 0 Å². The molecule has 6 nitrogen and oxygen atoms in total. The number of thioether (sulfide) groups is 1. The van der Waals surface area contributed by atoms with Crippen LogP contribution in [0.3, 0.4) is 0 Å². The van der Waals surface area contributed by atoms with Gasteiger partial charge in [0.15, 0.2) is 0 Å². The number of aryl methyl sites for hydroxylation is 1. The van der Waals surface area contributed by atoms with Crippen LogP contribution in [-0.4, -0.2) is 60.2 Å². The van der Waals surface area contributed by atoms with Crippen LogP contribution in [-0.2, 0) is 15.3 Å². The number of anilines is 1. The average Bonchev–Trinajstić information content (AvgIpc) is 3.14. The Labute approximate surface area is 184 Å². The molecule has 0 radical (unpaired) electrons. The van der Waals surface area contributed by atoms with Gasteiger partial charge in [0, 0.05) is 60.2 Å². The van der Waals surface area contributed by atoms with Crippen molar-refractivity contribution >= 4 is 52.2 Å². The third-order valence-electron chi connectivity index (χ3n) is 4.63. The summed E-state index contributed by atoms with van der Waals surface area (Å²) >= 11 is 9.38. The Balaban J connectivity index is 1.31. The lowest BCUT2D eigenvalue weighted by atomic mass is 10.2. The molecule has 156 valence electrons. The number of hydrogen-bond donors (Lipinski definition) is 1. The molecule has 1 fully saturated rings. The summed E-state index contributed by atoms with van der Waals surface area (Å²) in [5, 5.41) is 6.57. The summed E-state index contributed by atoms with van der Waals surface area (Å²) in [4.78, 5) is 32.8. The van der Waals surface area contributed by atoms with Gasteiger partial charge < -0.3 is 15.1 Å². The zero-order valence-electron chi connectivity index (χ0n) is 16.4. The number of amides is 2. The van der Waals surface area contributed by atoms with Gasteiger partial charge in [-0.15, -0.1) is 11.3 Å². The van der Waals surface area contributed by atoms with Gasteiger partial charge in [0.2, 0.25) is 11.8 Å². The maximum absolute atomic E-state index is 12.4. The SMILES string of the molecule is Cc1nc(CSCCC(=O)NCC(=O)N2CCN(c3cccc(Cl)c3)CC2)cs1. The van der Waals surface area contributed by atoms with Crippen LogP contribution in [0.1, 0.15) is 17.1 Å². The van der Waals surface area contributed by atoms with Crippen LogP contribution in [0.4, 0.5) is 5.69 Å². The number of nitrogens with zero attached hydrogens (tertiary/aromatic N) is 3. The molecule has 1 N–H and O–H groups in total. The molecule has 0 spiro atoms. The second-order valence-electron chi connectivity index (χ2n) is 6.78. The van der Waals surface area contributed by atoms with E-state index >= 15 is 0 Å². The van der Waals surface area contributed by atoms with E-state index in [2.05, 4.69) is 15.2 Å². The molecule has 9 heteroatoms. The van der Waals surface area contributed by atoms with Gasteiger partial charge in [-0.05, 0) is 25.1 Å². The normalized spacial score (nSPS) is 14.1. The molecule has 0 aliphatic carbocycles. The van der Waals surface area contributed by atoms with E-state index < -0.39 is 0 Å². The van der Waals surface area contributed by atoms with Crippen LogP contribution in [0.25, 0.3) is 0 Å². The zero-order chi connectivity index (χ0) is 20.6. The minimum atomic E-state index is -0.0853. The molecule has 2 heterocycles. The fraction of sp³-hybridized carbons (Fsp3) is 0.450. The van der Waals surface area contributed by atoms with Gasteiger partial charge in [0.1, 0.15) is 0 Å². The van der Waals surface area contributed by atoms with Gasteiger partial charge in [-0.1, -0.05) is 17.7 Å². The van der Waals surface area contributed by atoms with Crippen LogP contribution in [0.5, 0.6) is 0 Å². The Kier molecular flexibility index (Phi) is 8.20. The number of carbonyl (C=O) groups is 2. The molecule has 1 saturated heterocycles. The Hall–Kier alpha value is -1.77. The summed E-state index contributed by atoms with van der Waals surface area (Å²) in [5.74, 6) is 1.41. The maximum atomic E-state index is 12.4. The van der Waals surface area contributed by atoms with Crippen molar-refractivity contribution in [1.29, 1.82) is 0 Å². The predicted octanol–water partition coefficient (Wildman–Crippen LogP) is 3.19. The largest absolute Gasteiger partial charge is 0.368 e. The van der Waals surface area contributed by atoms with Gasteiger partial charge in [0.05, 0.1) is 17.2 Å². The topological polar surface area (TPSA) is 65.5 Å². The zero-order valence-corrected chi connectivity index (χ0v) is 18.8. The van der Waals surface area contributed by atoms with E-state index in [9.17, 15) is 9.59 Å². The first-order valence-corrected chi connectivity index (χ1v) is 12.0. The third-order valence-corrected chi connectivity index (χ3v) is 6.68. The third kappa shape index (κ3) is 6.90. The molecular weight excluding hydrogens is 428 g/mol. The molecule has 0 atom stereocenters. The van der Waals surface area contributed by atoms with Crippen LogP contribution in [0.2, 0.25) is 5.02 Å². The van der Waals surface area contributed by atoms with Crippen molar-refractivity contribution in [2.45, 2.75) is 19.1 Å². The molecule has 29 heavy (non-hydrogen) atoms. The first-order chi connectivity index (χ1) is 14.0. The first-order valence-electron chi connectivity index (χ1n) is 9.55. The lowest BCUT2D eigenvalue weighted by Gasteiger charge is -2.36. The monoisotopic (exact) mass is 452 g/mol. The number of carbonyl (C=O) groups excluding carboxylic acids is 2. The Morgan fingerprint density at radius 1 is 1.28 bits per heavy atom. The molecule has 0 unspecified atom stereocenters. The summed E-state index contributed by atoms with van der Waals surface area (Å²) in [5.41, 5.74) is 2.13. The molecule has 0 saturated carbocycles. The highest BCUT2D eigenvalue weighted by molar-refractivity contribution is 7.98. The van der Waals surface area contributed by atoms with E-state index in [1.165, 1.54) is 0 Å². The lowest BCUT2D eigenvalue weighted by Crippen LogP contribution is -2.51. The molecule has 3 rings (SSSR count). The van der Waals surface area contributed by atoms with Crippen molar-refractivity contribution in [2.75, 3.05) is 43.4 Å². The Morgan fingerprint density at radius 3 is 2.76 bits per heavy atom. The highest BCUT2D eigenvalue weighted by Crippen LogP contribution is 2.20. The quantitative estimate of drug-likeness (QED) is 0.623. The van der Waals surface area contributed by atoms with Crippen molar-refractivity contribution in [3.8, 4) is 0 Å². The maximum Gasteiger partial charge on any atom is 0.242 e. The van der Waals surface area contributed by atoms with E-state index in [1.54, 1.807) is 28.0 Å². The number of rotatable bonds is 8. The molecule has 2 aromatic rings. The number of benzene rings is 1. The number of aromatic nitrogens is 1. The van der Waals surface area contributed by atoms with Crippen LogP contribution in [0, 0.1) is 6.92 Å². The minimum absolute atomic E-state index is 0.0327. The molecule has 0 bridgehead atoms. The molecular formula is C20H25ClN4O2S2. The molecule has 1 aliphatic rings. The number of hydrogen-bond acceptors (Lipinski definition) is 6. The Bertz CT molecular complexity index is 837. The summed E-state index contributed by atoms with van der Waals surface area (Å²) in [6, 6.07) is 7.75. The fourth-order valence-corrected chi connectivity index (χ4v) is 4.81. The van der Waals surface area contributed by atoms with Crippen molar-refractivity contribution in [2.24, 2.45) is 0 Å². The van der Waals surface area contributed by atoms with Gasteiger partial charge in [-0.25, -0.2) is 4.98 Å². The van der Waals surface area contributed by atoms with E-state index in [-0.39, 0.29) is 18.4 Å². The van der Waals surface area contributed by atoms with E-state index in [0.29, 0.717) is 24.5 Å². The van der Waals surface area contributed by atoms with Gasteiger partial charge in [-0.3, -0.25) is 9.59 Å². The molecule has 1 aromatic carbocycles. The van der Waals surface area contributed by atoms with E-state index in [0.717, 1.165) is 41.0 Å². The lowest BCUT2D eigenvalue weighted by molar-refractivity contribution is -0.133. The summed E-state index contributed by atoms with van der Waals surface area (Å²) in [6.07, 6.45) is 0.406. The van der Waals surface area contributed by atoms with Crippen molar-refractivity contribution in [3.63, 3.8) is 0 Å². The highest BCUT2D eigenvalue weighted by atomic mass is 35.5. The van der Waals surface area contributed by atoms with Crippen molar-refractivity contribution in [3.05, 3.63) is 45.4 Å². The highest BCUT2D eigenvalue weighted by Gasteiger charge is 2.21. The van der Waals surface area contributed by atoms with Crippen LogP contribution < -0.4 is 10.2 Å². The second-order valence-corrected chi connectivity index (χ2v) is 9.39. The molecule has 2 amide bonds. The number of piperazine rings is 1. The standard InChI is InChI=1S/C20H25ClN4O2S2/c1-15-23-17(14-29-15)13-28-10-5-19(26)22-12-20(27)25-8-6-24(7-9-25)18-4-2-3-16(21)11-18/h2-4,11,14H,5-10,12-13H2,1H3,(H,22,26). The van der Waals surface area contributed by atoms with Crippen molar-refractivity contribution < 1.29 is 9.59 Å². The number of thiazole rings is 1. The first kappa shape index (κ1) is 21.9. The predicted molar refractivity (Wildman–Crippen MR) is 121 cm³/mol. The molecule has 1 aromatic heterocycles. The second kappa shape index (κ2) is 10.8. The van der Waals surface area contributed by atoms with Crippen LogP contribution >= 0.6 is 34.7 Å². The van der Waals surface area contributed by atoms with E-state index in [4.69, 9.17) is 11.6 Å². The van der Waals surface area contributed by atoms with Crippen LogP contribution in [0.15, 0.2) is 29.6 Å². The number of halogens is 1. The molecule has 1 aliphatic heterocycles. The summed E-state index contributed by atoms with van der Waals surface area (Å²) in [6.45, 7) is 4.85. The van der Waals surface area contributed by atoms with Gasteiger partial charge in [-0.2, -0.15) is 11.8 Å². The van der Waals surface area contributed by atoms with Gasteiger partial charge >= 0.3 is 0 Å². The number of nitrogens with one attached hydrogen (secondary N) is 1. The smallest absolute Gasteiger partial charge is 0.242 e. The fourth-order valence-electron chi connectivity index (χ4n) is 3.08. The Morgan fingerprint density at radius 2 is 2.07 bits per heavy atom. The minimum Gasteiger partial charge on any atom is -0.368 e. The van der Waals surface area contributed by atoms with E-state index in [1.807, 2.05) is 36.6 Å². The van der Waals surface area contributed by atoms with Crippen molar-refractivity contribution in [1.82, 2.24) is 15.2 Å². The summed E-state index contributed by atoms with van der Waals surface area (Å²) < 4.78 is 0.